The van der Waals surface area contributed by atoms with Gasteiger partial charge < -0.3 is 4.90 Å². The molecule has 0 spiro atoms. The molecule has 0 unspecified atom stereocenters. The Balaban J connectivity index is 2.60. The number of rotatable bonds is 5. The summed E-state index contributed by atoms with van der Waals surface area (Å²) >= 11 is 5.71. The first-order valence-electron chi connectivity index (χ1n) is 5.21. The zero-order valence-corrected chi connectivity index (χ0v) is 10.3. The van der Waals surface area contributed by atoms with Crippen LogP contribution in [0.15, 0.2) is 12.4 Å². The summed E-state index contributed by atoms with van der Waals surface area (Å²) in [4.78, 5) is 10.6. The van der Waals surface area contributed by atoms with Crippen LogP contribution >= 0.6 is 11.6 Å². The van der Waals surface area contributed by atoms with E-state index in [4.69, 9.17) is 11.6 Å². The lowest BCUT2D eigenvalue weighted by molar-refractivity contribution is 0.583. The van der Waals surface area contributed by atoms with Crippen LogP contribution in [0.4, 0.5) is 5.82 Å². The molecule has 1 aromatic rings. The smallest absolute Gasteiger partial charge is 0.147 e. The van der Waals surface area contributed by atoms with E-state index >= 15 is 0 Å². The summed E-state index contributed by atoms with van der Waals surface area (Å²) in [6.45, 7) is 5.43. The molecule has 0 atom stereocenters. The van der Waals surface area contributed by atoms with Crippen LogP contribution in [-0.4, -0.2) is 23.6 Å². The summed E-state index contributed by atoms with van der Waals surface area (Å²) in [7, 11) is 2.03. The van der Waals surface area contributed by atoms with Gasteiger partial charge in [0, 0.05) is 19.8 Å². The number of halogens is 1. The molecule has 0 aliphatic heterocycles. The van der Waals surface area contributed by atoms with E-state index in [1.54, 1.807) is 12.4 Å². The first-order valence-corrected chi connectivity index (χ1v) is 5.75. The van der Waals surface area contributed by atoms with Crippen LogP contribution in [0.5, 0.6) is 0 Å². The summed E-state index contributed by atoms with van der Waals surface area (Å²) in [5.74, 6) is 2.02. The molecule has 0 fully saturated rings. The van der Waals surface area contributed by atoms with Gasteiger partial charge >= 0.3 is 0 Å². The molecule has 0 bridgehead atoms. The molecule has 1 heterocycles. The van der Waals surface area contributed by atoms with Gasteiger partial charge in [0.25, 0.3) is 0 Å². The highest BCUT2D eigenvalue weighted by molar-refractivity contribution is 6.16. The quantitative estimate of drug-likeness (QED) is 0.725. The Bertz CT molecular complexity index is 302. The Morgan fingerprint density at radius 2 is 2.13 bits per heavy atom. The van der Waals surface area contributed by atoms with Crippen molar-refractivity contribution in [1.82, 2.24) is 9.97 Å². The van der Waals surface area contributed by atoms with Gasteiger partial charge in [-0.15, -0.1) is 11.6 Å². The number of hydrogen-bond donors (Lipinski definition) is 0. The Hall–Kier alpha value is -0.830. The molecule has 0 aliphatic carbocycles. The van der Waals surface area contributed by atoms with Gasteiger partial charge in [0.05, 0.1) is 17.8 Å². The third-order valence-electron chi connectivity index (χ3n) is 2.24. The second kappa shape index (κ2) is 5.91. The van der Waals surface area contributed by atoms with E-state index in [0.717, 1.165) is 24.5 Å². The first kappa shape index (κ1) is 12.2. The van der Waals surface area contributed by atoms with Crippen molar-refractivity contribution in [3.05, 3.63) is 18.1 Å². The number of anilines is 1. The van der Waals surface area contributed by atoms with Gasteiger partial charge in [-0.25, -0.2) is 4.98 Å². The Morgan fingerprint density at radius 1 is 1.40 bits per heavy atom. The molecule has 0 saturated carbocycles. The van der Waals surface area contributed by atoms with Gasteiger partial charge in [0.15, 0.2) is 0 Å². The van der Waals surface area contributed by atoms with E-state index in [-0.39, 0.29) is 0 Å². The van der Waals surface area contributed by atoms with Crippen molar-refractivity contribution in [2.75, 3.05) is 18.5 Å². The van der Waals surface area contributed by atoms with E-state index in [2.05, 4.69) is 28.7 Å². The Labute approximate surface area is 96.5 Å². The fourth-order valence-electron chi connectivity index (χ4n) is 1.21. The lowest BCUT2D eigenvalue weighted by Gasteiger charge is -2.19. The second-order valence-electron chi connectivity index (χ2n) is 4.11. The molecular weight excluding hydrogens is 210 g/mol. The van der Waals surface area contributed by atoms with Gasteiger partial charge in [-0.3, -0.25) is 4.98 Å². The predicted molar refractivity (Wildman–Crippen MR) is 64.3 cm³/mol. The third kappa shape index (κ3) is 4.04. The minimum absolute atomic E-state index is 0.416. The minimum atomic E-state index is 0.416. The number of hydrogen-bond acceptors (Lipinski definition) is 3. The SMILES string of the molecule is CC(C)CCN(C)c1cncc(CCl)n1. The van der Waals surface area contributed by atoms with Crippen LogP contribution in [0.3, 0.4) is 0 Å². The highest BCUT2D eigenvalue weighted by atomic mass is 35.5. The van der Waals surface area contributed by atoms with Crippen molar-refractivity contribution in [1.29, 1.82) is 0 Å². The van der Waals surface area contributed by atoms with Crippen LogP contribution in [0.1, 0.15) is 26.0 Å². The maximum absolute atomic E-state index is 5.71. The van der Waals surface area contributed by atoms with Crippen molar-refractivity contribution in [2.45, 2.75) is 26.1 Å². The van der Waals surface area contributed by atoms with E-state index < -0.39 is 0 Å². The first-order chi connectivity index (χ1) is 7.13. The normalized spacial score (nSPS) is 10.7. The molecule has 0 radical (unpaired) electrons. The lowest BCUT2D eigenvalue weighted by Crippen LogP contribution is -2.21. The maximum atomic E-state index is 5.71. The molecule has 0 aromatic carbocycles. The lowest BCUT2D eigenvalue weighted by atomic mass is 10.1. The number of alkyl halides is 1. The number of aromatic nitrogens is 2. The van der Waals surface area contributed by atoms with E-state index in [0.29, 0.717) is 11.8 Å². The van der Waals surface area contributed by atoms with Crippen LogP contribution in [0.25, 0.3) is 0 Å². The molecule has 1 aromatic heterocycles. The van der Waals surface area contributed by atoms with Crippen molar-refractivity contribution < 1.29 is 0 Å². The molecule has 0 saturated heterocycles. The standard InChI is InChI=1S/C11H18ClN3/c1-9(2)4-5-15(3)11-8-13-7-10(6-12)14-11/h7-9H,4-6H2,1-3H3. The summed E-state index contributed by atoms with van der Waals surface area (Å²) in [6.07, 6.45) is 4.63. The van der Waals surface area contributed by atoms with Crippen LogP contribution in [0, 0.1) is 5.92 Å². The highest BCUT2D eigenvalue weighted by Crippen LogP contribution is 2.11. The molecule has 0 N–H and O–H groups in total. The molecule has 1 rings (SSSR count). The Kier molecular flexibility index (Phi) is 4.82. The van der Waals surface area contributed by atoms with Gasteiger partial charge in [0.2, 0.25) is 0 Å². The molecule has 0 aliphatic rings. The third-order valence-corrected chi connectivity index (χ3v) is 2.52. The highest BCUT2D eigenvalue weighted by Gasteiger charge is 2.04. The largest absolute Gasteiger partial charge is 0.358 e. The van der Waals surface area contributed by atoms with Crippen LogP contribution in [0.2, 0.25) is 0 Å². The molecular formula is C11H18ClN3. The summed E-state index contributed by atoms with van der Waals surface area (Å²) in [6, 6.07) is 0. The van der Waals surface area contributed by atoms with Gasteiger partial charge in [0.1, 0.15) is 5.82 Å². The average Bonchev–Trinajstić information content (AvgIpc) is 2.26. The minimum Gasteiger partial charge on any atom is -0.358 e. The second-order valence-corrected chi connectivity index (χ2v) is 4.37. The topological polar surface area (TPSA) is 29.0 Å². The number of nitrogens with zero attached hydrogens (tertiary/aromatic N) is 3. The molecule has 3 nitrogen and oxygen atoms in total. The van der Waals surface area contributed by atoms with Crippen molar-refractivity contribution in [2.24, 2.45) is 5.92 Å². The Morgan fingerprint density at radius 3 is 2.73 bits per heavy atom. The van der Waals surface area contributed by atoms with Gasteiger partial charge in [-0.05, 0) is 12.3 Å². The van der Waals surface area contributed by atoms with E-state index in [9.17, 15) is 0 Å². The zero-order chi connectivity index (χ0) is 11.3. The fourth-order valence-corrected chi connectivity index (χ4v) is 1.34. The maximum Gasteiger partial charge on any atom is 0.147 e. The van der Waals surface area contributed by atoms with Crippen molar-refractivity contribution in [3.63, 3.8) is 0 Å². The van der Waals surface area contributed by atoms with Crippen molar-refractivity contribution in [3.8, 4) is 0 Å². The summed E-state index contributed by atoms with van der Waals surface area (Å²) in [5, 5.41) is 0. The van der Waals surface area contributed by atoms with Crippen LogP contribution in [-0.2, 0) is 5.88 Å². The molecule has 0 amide bonds. The van der Waals surface area contributed by atoms with E-state index in [1.165, 1.54) is 0 Å². The van der Waals surface area contributed by atoms with Crippen molar-refractivity contribution >= 4 is 17.4 Å². The summed E-state index contributed by atoms with van der Waals surface area (Å²) in [5.41, 5.74) is 0.825. The van der Waals surface area contributed by atoms with Crippen LogP contribution < -0.4 is 4.90 Å². The van der Waals surface area contributed by atoms with Gasteiger partial charge in [-0.1, -0.05) is 13.8 Å². The molecule has 4 heteroatoms. The molecule has 84 valence electrons. The zero-order valence-electron chi connectivity index (χ0n) is 9.57. The average molecular weight is 228 g/mol. The fraction of sp³-hybridized carbons (Fsp3) is 0.636. The van der Waals surface area contributed by atoms with E-state index in [1.807, 2.05) is 7.05 Å². The summed E-state index contributed by atoms with van der Waals surface area (Å²) < 4.78 is 0. The monoisotopic (exact) mass is 227 g/mol. The van der Waals surface area contributed by atoms with Gasteiger partial charge in [-0.2, -0.15) is 0 Å². The molecule has 15 heavy (non-hydrogen) atoms. The predicted octanol–water partition coefficient (Wildman–Crippen LogP) is 2.70.